The Morgan fingerprint density at radius 1 is 0.862 bits per heavy atom. The topological polar surface area (TPSA) is 0 Å². The summed E-state index contributed by atoms with van der Waals surface area (Å²) < 4.78 is 14.6. The van der Waals surface area contributed by atoms with E-state index in [4.69, 9.17) is 23.2 Å². The van der Waals surface area contributed by atoms with Crippen molar-refractivity contribution in [2.45, 2.75) is 38.0 Å². The number of fused-ring (bicyclic) bond motifs is 5. The number of halogens is 3. The Kier molecular flexibility index (Phi) is 4.38. The third-order valence-corrected chi connectivity index (χ3v) is 6.95. The molecule has 1 atom stereocenters. The molecule has 1 unspecified atom stereocenters. The molecule has 0 spiro atoms. The predicted octanol–water partition coefficient (Wildman–Crippen LogP) is 8.45. The van der Waals surface area contributed by atoms with Crippen LogP contribution in [0.5, 0.6) is 0 Å². The Bertz CT molecular complexity index is 1270. The van der Waals surface area contributed by atoms with E-state index in [-0.39, 0.29) is 17.2 Å². The van der Waals surface area contributed by atoms with E-state index in [2.05, 4.69) is 44.2 Å². The van der Waals surface area contributed by atoms with Crippen molar-refractivity contribution in [3.8, 4) is 0 Å². The van der Waals surface area contributed by atoms with Crippen molar-refractivity contribution < 1.29 is 4.39 Å². The molecule has 146 valence electrons. The van der Waals surface area contributed by atoms with Gasteiger partial charge in [0.1, 0.15) is 5.82 Å². The van der Waals surface area contributed by atoms with Gasteiger partial charge in [0.2, 0.25) is 0 Å². The van der Waals surface area contributed by atoms with Crippen LogP contribution in [-0.4, -0.2) is 0 Å². The van der Waals surface area contributed by atoms with Gasteiger partial charge in [0.15, 0.2) is 0 Å². The fourth-order valence-electron chi connectivity index (χ4n) is 5.25. The Morgan fingerprint density at radius 3 is 2.41 bits per heavy atom. The SMILES string of the molecule is CC1(C)CC(c2cc(Cl)ccc2F)Cc2ccc3c(ccc4c(Cl)cccc43)c21. The molecule has 3 heteroatoms. The molecule has 29 heavy (non-hydrogen) atoms. The highest BCUT2D eigenvalue weighted by molar-refractivity contribution is 6.36. The fraction of sp³-hybridized carbons (Fsp3) is 0.231. The van der Waals surface area contributed by atoms with Gasteiger partial charge < -0.3 is 0 Å². The van der Waals surface area contributed by atoms with Crippen molar-refractivity contribution in [1.29, 1.82) is 0 Å². The van der Waals surface area contributed by atoms with Gasteiger partial charge in [-0.05, 0) is 81.3 Å². The molecular weight excluding hydrogens is 402 g/mol. The van der Waals surface area contributed by atoms with Crippen LogP contribution < -0.4 is 0 Å². The Morgan fingerprint density at radius 2 is 1.59 bits per heavy atom. The Hall–Kier alpha value is -2.09. The molecule has 0 fully saturated rings. The third-order valence-electron chi connectivity index (χ3n) is 6.39. The second kappa shape index (κ2) is 6.72. The molecule has 0 heterocycles. The standard InChI is InChI=1S/C26H21Cl2F/c1-26(2)14-16(22-13-17(27)7-11-24(22)29)12-15-6-8-19-18-4-3-5-23(28)20(18)9-10-21(19)25(15)26/h3-11,13,16H,12,14H2,1-2H3. The zero-order valence-corrected chi connectivity index (χ0v) is 17.9. The number of hydrogen-bond donors (Lipinski definition) is 0. The van der Waals surface area contributed by atoms with Gasteiger partial charge in [-0.15, -0.1) is 0 Å². The summed E-state index contributed by atoms with van der Waals surface area (Å²) in [4.78, 5) is 0. The van der Waals surface area contributed by atoms with Gasteiger partial charge in [-0.1, -0.05) is 73.4 Å². The molecule has 0 amide bonds. The van der Waals surface area contributed by atoms with Crippen molar-refractivity contribution in [2.24, 2.45) is 0 Å². The minimum absolute atomic E-state index is 0.0846. The monoisotopic (exact) mass is 422 g/mol. The zero-order valence-electron chi connectivity index (χ0n) is 16.4. The summed E-state index contributed by atoms with van der Waals surface area (Å²) in [5.74, 6) is -0.0522. The van der Waals surface area contributed by atoms with Crippen LogP contribution in [-0.2, 0) is 11.8 Å². The normalized spacial score (nSPS) is 18.2. The molecule has 4 aromatic carbocycles. The quantitative estimate of drug-likeness (QED) is 0.270. The minimum Gasteiger partial charge on any atom is -0.207 e. The molecule has 0 radical (unpaired) electrons. The van der Waals surface area contributed by atoms with Gasteiger partial charge in [0.05, 0.1) is 0 Å². The first-order chi connectivity index (χ1) is 13.8. The van der Waals surface area contributed by atoms with Gasteiger partial charge in [0, 0.05) is 15.4 Å². The summed E-state index contributed by atoms with van der Waals surface area (Å²) in [5, 5.41) is 6.12. The maximum absolute atomic E-state index is 14.6. The first kappa shape index (κ1) is 18.9. The van der Waals surface area contributed by atoms with Crippen molar-refractivity contribution in [1.82, 2.24) is 0 Å². The summed E-state index contributed by atoms with van der Waals surface area (Å²) in [7, 11) is 0. The van der Waals surface area contributed by atoms with Gasteiger partial charge >= 0.3 is 0 Å². The van der Waals surface area contributed by atoms with E-state index < -0.39 is 0 Å². The first-order valence-electron chi connectivity index (χ1n) is 9.93. The van der Waals surface area contributed by atoms with Crippen LogP contribution in [0.2, 0.25) is 10.0 Å². The van der Waals surface area contributed by atoms with Crippen LogP contribution in [0.25, 0.3) is 21.5 Å². The van der Waals surface area contributed by atoms with Crippen molar-refractivity contribution in [2.75, 3.05) is 0 Å². The van der Waals surface area contributed by atoms with Crippen molar-refractivity contribution in [3.63, 3.8) is 0 Å². The summed E-state index contributed by atoms with van der Waals surface area (Å²) in [6.07, 6.45) is 1.70. The molecule has 4 aromatic rings. The Labute approximate surface area is 180 Å². The molecule has 1 aliphatic carbocycles. The van der Waals surface area contributed by atoms with Crippen LogP contribution in [0.3, 0.4) is 0 Å². The second-order valence-electron chi connectivity index (χ2n) is 8.75. The van der Waals surface area contributed by atoms with E-state index in [1.54, 1.807) is 12.1 Å². The van der Waals surface area contributed by atoms with Crippen molar-refractivity contribution >= 4 is 44.7 Å². The lowest BCUT2D eigenvalue weighted by Crippen LogP contribution is -2.29. The van der Waals surface area contributed by atoms with Crippen LogP contribution in [0, 0.1) is 5.82 Å². The maximum Gasteiger partial charge on any atom is 0.126 e. The lowest BCUT2D eigenvalue weighted by molar-refractivity contribution is 0.387. The highest BCUT2D eigenvalue weighted by atomic mass is 35.5. The molecule has 0 saturated carbocycles. The lowest BCUT2D eigenvalue weighted by atomic mass is 9.65. The molecule has 5 rings (SSSR count). The lowest BCUT2D eigenvalue weighted by Gasteiger charge is -2.39. The fourth-order valence-corrected chi connectivity index (χ4v) is 5.67. The van der Waals surface area contributed by atoms with E-state index in [0.717, 1.165) is 28.8 Å². The zero-order chi connectivity index (χ0) is 20.3. The van der Waals surface area contributed by atoms with Crippen molar-refractivity contribution in [3.05, 3.63) is 93.2 Å². The van der Waals surface area contributed by atoms with Gasteiger partial charge in [0.25, 0.3) is 0 Å². The average molecular weight is 423 g/mol. The number of hydrogen-bond acceptors (Lipinski definition) is 0. The molecule has 0 saturated heterocycles. The van der Waals surface area contributed by atoms with Crippen LogP contribution in [0.15, 0.2) is 60.7 Å². The second-order valence-corrected chi connectivity index (χ2v) is 9.59. The molecule has 0 N–H and O–H groups in total. The highest BCUT2D eigenvalue weighted by Crippen LogP contribution is 2.48. The highest BCUT2D eigenvalue weighted by Gasteiger charge is 2.36. The maximum atomic E-state index is 14.6. The number of rotatable bonds is 1. The largest absolute Gasteiger partial charge is 0.207 e. The third kappa shape index (κ3) is 3.03. The summed E-state index contributed by atoms with van der Waals surface area (Å²) in [6.45, 7) is 4.53. The molecule has 1 aliphatic rings. The van der Waals surface area contributed by atoms with Crippen LogP contribution in [0.4, 0.5) is 4.39 Å². The minimum atomic E-state index is -0.167. The summed E-state index contributed by atoms with van der Waals surface area (Å²) >= 11 is 12.6. The predicted molar refractivity (Wildman–Crippen MR) is 122 cm³/mol. The molecular formula is C26H21Cl2F. The average Bonchev–Trinajstić information content (AvgIpc) is 2.68. The first-order valence-corrected chi connectivity index (χ1v) is 10.7. The summed E-state index contributed by atoms with van der Waals surface area (Å²) in [5.41, 5.74) is 3.30. The van der Waals surface area contributed by atoms with E-state index in [1.165, 1.54) is 33.4 Å². The molecule has 0 aromatic heterocycles. The van der Waals surface area contributed by atoms with E-state index in [0.29, 0.717) is 5.02 Å². The molecule has 0 aliphatic heterocycles. The molecule has 0 nitrogen and oxygen atoms in total. The van der Waals surface area contributed by atoms with E-state index >= 15 is 0 Å². The van der Waals surface area contributed by atoms with Crippen LogP contribution in [0.1, 0.15) is 42.9 Å². The number of benzene rings is 4. The van der Waals surface area contributed by atoms with Gasteiger partial charge in [-0.2, -0.15) is 0 Å². The Balaban J connectivity index is 1.71. The summed E-state index contributed by atoms with van der Waals surface area (Å²) in [6, 6.07) is 19.7. The molecule has 0 bridgehead atoms. The van der Waals surface area contributed by atoms with E-state index in [1.807, 2.05) is 12.1 Å². The smallest absolute Gasteiger partial charge is 0.126 e. The van der Waals surface area contributed by atoms with Crippen LogP contribution >= 0.6 is 23.2 Å². The van der Waals surface area contributed by atoms with E-state index in [9.17, 15) is 4.39 Å². The van der Waals surface area contributed by atoms with Gasteiger partial charge in [-0.25, -0.2) is 4.39 Å². The van der Waals surface area contributed by atoms with Gasteiger partial charge in [-0.3, -0.25) is 0 Å².